The van der Waals surface area contributed by atoms with Gasteiger partial charge in [-0.05, 0) is 37.0 Å². The SMILES string of the molecule is CCCCCCCCCCc1ccc(C(=O)N(O)CCCC(N)=O)cc1. The fourth-order valence-corrected chi connectivity index (χ4v) is 2.93. The number of hydroxylamine groups is 2. The molecule has 0 aliphatic heterocycles. The van der Waals surface area contributed by atoms with Crippen LogP contribution in [0.2, 0.25) is 0 Å². The Kier molecular flexibility index (Phi) is 11.4. The van der Waals surface area contributed by atoms with Gasteiger partial charge in [0.1, 0.15) is 0 Å². The lowest BCUT2D eigenvalue weighted by molar-refractivity contribution is -0.118. The van der Waals surface area contributed by atoms with Gasteiger partial charge in [0.05, 0.1) is 0 Å². The van der Waals surface area contributed by atoms with E-state index in [-0.39, 0.29) is 13.0 Å². The van der Waals surface area contributed by atoms with Crippen LogP contribution >= 0.6 is 0 Å². The number of amides is 2. The van der Waals surface area contributed by atoms with Crippen molar-refractivity contribution in [1.29, 1.82) is 0 Å². The zero-order chi connectivity index (χ0) is 19.2. The first kappa shape index (κ1) is 22.2. The summed E-state index contributed by atoms with van der Waals surface area (Å²) in [7, 11) is 0. The summed E-state index contributed by atoms with van der Waals surface area (Å²) >= 11 is 0. The molecule has 5 nitrogen and oxygen atoms in total. The number of nitrogens with two attached hydrogens (primary N) is 1. The zero-order valence-electron chi connectivity index (χ0n) is 16.1. The first-order chi connectivity index (χ1) is 12.5. The van der Waals surface area contributed by atoms with Gasteiger partial charge in [0.15, 0.2) is 0 Å². The molecule has 0 aliphatic rings. The van der Waals surface area contributed by atoms with Gasteiger partial charge in [-0.1, -0.05) is 64.0 Å². The second-order valence-electron chi connectivity index (χ2n) is 6.92. The number of rotatable bonds is 14. The number of benzene rings is 1. The number of hydrogen-bond donors (Lipinski definition) is 2. The third kappa shape index (κ3) is 9.56. The summed E-state index contributed by atoms with van der Waals surface area (Å²) in [5.41, 5.74) is 6.71. The largest absolute Gasteiger partial charge is 0.370 e. The molecule has 0 fully saturated rings. The highest BCUT2D eigenvalue weighted by atomic mass is 16.5. The molecule has 2 amide bonds. The van der Waals surface area contributed by atoms with Crippen molar-refractivity contribution in [2.45, 2.75) is 77.6 Å². The number of carbonyl (C=O) groups is 2. The van der Waals surface area contributed by atoms with Gasteiger partial charge in [-0.3, -0.25) is 14.8 Å². The predicted octanol–water partition coefficient (Wildman–Crippen LogP) is 4.47. The second-order valence-corrected chi connectivity index (χ2v) is 6.92. The van der Waals surface area contributed by atoms with E-state index in [0.29, 0.717) is 17.0 Å². The lowest BCUT2D eigenvalue weighted by atomic mass is 10.0. The minimum Gasteiger partial charge on any atom is -0.370 e. The fourth-order valence-electron chi connectivity index (χ4n) is 2.93. The molecule has 1 rings (SSSR count). The van der Waals surface area contributed by atoms with Crippen LogP contribution in [-0.4, -0.2) is 28.6 Å². The van der Waals surface area contributed by atoms with Crippen molar-refractivity contribution < 1.29 is 14.8 Å². The van der Waals surface area contributed by atoms with E-state index in [9.17, 15) is 14.8 Å². The van der Waals surface area contributed by atoms with Crippen LogP contribution in [0.3, 0.4) is 0 Å². The maximum Gasteiger partial charge on any atom is 0.277 e. The highest BCUT2D eigenvalue weighted by Crippen LogP contribution is 2.13. The van der Waals surface area contributed by atoms with E-state index in [1.165, 1.54) is 56.9 Å². The summed E-state index contributed by atoms with van der Waals surface area (Å²) in [5, 5.41) is 10.4. The van der Waals surface area contributed by atoms with E-state index in [4.69, 9.17) is 5.73 Å². The van der Waals surface area contributed by atoms with Crippen LogP contribution in [0.15, 0.2) is 24.3 Å². The Balaban J connectivity index is 2.25. The molecule has 0 heterocycles. The molecule has 3 N–H and O–H groups in total. The minimum absolute atomic E-state index is 0.0990. The molecule has 0 aromatic heterocycles. The summed E-state index contributed by atoms with van der Waals surface area (Å²) < 4.78 is 0. The Morgan fingerprint density at radius 3 is 2.08 bits per heavy atom. The Morgan fingerprint density at radius 1 is 0.923 bits per heavy atom. The predicted molar refractivity (Wildman–Crippen MR) is 104 cm³/mol. The summed E-state index contributed by atoms with van der Waals surface area (Å²) in [6.07, 6.45) is 11.9. The van der Waals surface area contributed by atoms with Crippen LogP contribution in [0.25, 0.3) is 0 Å². The van der Waals surface area contributed by atoms with E-state index < -0.39 is 11.8 Å². The highest BCUT2D eigenvalue weighted by Gasteiger charge is 2.13. The van der Waals surface area contributed by atoms with Crippen LogP contribution in [0.4, 0.5) is 0 Å². The Labute approximate surface area is 157 Å². The zero-order valence-corrected chi connectivity index (χ0v) is 16.1. The van der Waals surface area contributed by atoms with Gasteiger partial charge in [0.2, 0.25) is 5.91 Å². The number of nitrogens with zero attached hydrogens (tertiary/aromatic N) is 1. The number of hydrogen-bond acceptors (Lipinski definition) is 3. The van der Waals surface area contributed by atoms with Crippen molar-refractivity contribution in [2.24, 2.45) is 5.73 Å². The summed E-state index contributed by atoms with van der Waals surface area (Å²) in [4.78, 5) is 22.8. The van der Waals surface area contributed by atoms with Crippen LogP contribution < -0.4 is 5.73 Å². The lowest BCUT2D eigenvalue weighted by Crippen LogP contribution is -2.29. The molecule has 0 bridgehead atoms. The lowest BCUT2D eigenvalue weighted by Gasteiger charge is -2.14. The highest BCUT2D eigenvalue weighted by molar-refractivity contribution is 5.93. The molecule has 0 aliphatic carbocycles. The number of aryl methyl sites for hydroxylation is 1. The van der Waals surface area contributed by atoms with Gasteiger partial charge >= 0.3 is 0 Å². The maximum absolute atomic E-state index is 12.1. The van der Waals surface area contributed by atoms with Crippen LogP contribution in [-0.2, 0) is 11.2 Å². The van der Waals surface area contributed by atoms with Crippen molar-refractivity contribution >= 4 is 11.8 Å². The van der Waals surface area contributed by atoms with Crippen molar-refractivity contribution in [3.63, 3.8) is 0 Å². The third-order valence-corrected chi connectivity index (χ3v) is 4.55. The van der Waals surface area contributed by atoms with Gasteiger partial charge < -0.3 is 5.73 Å². The first-order valence-electron chi connectivity index (χ1n) is 9.92. The molecule has 26 heavy (non-hydrogen) atoms. The molecular formula is C21H34N2O3. The van der Waals surface area contributed by atoms with Crippen molar-refractivity contribution in [3.05, 3.63) is 35.4 Å². The maximum atomic E-state index is 12.1. The molecule has 0 atom stereocenters. The molecular weight excluding hydrogens is 328 g/mol. The second kappa shape index (κ2) is 13.3. The van der Waals surface area contributed by atoms with E-state index in [0.717, 1.165) is 6.42 Å². The van der Waals surface area contributed by atoms with Crippen LogP contribution in [0.1, 0.15) is 87.1 Å². The molecule has 5 heteroatoms. The Morgan fingerprint density at radius 2 is 1.50 bits per heavy atom. The average molecular weight is 363 g/mol. The number of unbranched alkanes of at least 4 members (excludes halogenated alkanes) is 7. The van der Waals surface area contributed by atoms with Gasteiger partial charge in [0.25, 0.3) is 5.91 Å². The average Bonchev–Trinajstić information content (AvgIpc) is 2.63. The quantitative estimate of drug-likeness (QED) is 0.291. The molecule has 0 spiro atoms. The van der Waals surface area contributed by atoms with E-state index in [1.54, 1.807) is 12.1 Å². The van der Waals surface area contributed by atoms with E-state index in [2.05, 4.69) is 6.92 Å². The molecule has 1 aromatic carbocycles. The molecule has 0 unspecified atom stereocenters. The fraction of sp³-hybridized carbons (Fsp3) is 0.619. The number of primary amides is 1. The van der Waals surface area contributed by atoms with Crippen molar-refractivity contribution in [3.8, 4) is 0 Å². The van der Waals surface area contributed by atoms with Gasteiger partial charge in [-0.15, -0.1) is 0 Å². The topological polar surface area (TPSA) is 83.6 Å². The summed E-state index contributed by atoms with van der Waals surface area (Å²) in [5.74, 6) is -0.885. The summed E-state index contributed by atoms with van der Waals surface area (Å²) in [6.45, 7) is 2.34. The van der Waals surface area contributed by atoms with Crippen LogP contribution in [0.5, 0.6) is 0 Å². The summed E-state index contributed by atoms with van der Waals surface area (Å²) in [6, 6.07) is 7.40. The van der Waals surface area contributed by atoms with E-state index >= 15 is 0 Å². The smallest absolute Gasteiger partial charge is 0.277 e. The molecule has 1 aromatic rings. The standard InChI is InChI=1S/C21H34N2O3/c1-2-3-4-5-6-7-8-9-11-18-13-15-19(16-14-18)21(25)23(26)17-10-12-20(22)24/h13-16,26H,2-12,17H2,1H3,(H2,22,24). The molecule has 0 saturated heterocycles. The normalized spacial score (nSPS) is 10.7. The third-order valence-electron chi connectivity index (χ3n) is 4.55. The monoisotopic (exact) mass is 362 g/mol. The van der Waals surface area contributed by atoms with Crippen LogP contribution in [0, 0.1) is 0 Å². The molecule has 0 radical (unpaired) electrons. The Bertz CT molecular complexity index is 529. The first-order valence-corrected chi connectivity index (χ1v) is 9.92. The Hall–Kier alpha value is -1.88. The molecule has 0 saturated carbocycles. The van der Waals surface area contributed by atoms with Gasteiger partial charge in [0, 0.05) is 18.5 Å². The number of carbonyl (C=O) groups excluding carboxylic acids is 2. The van der Waals surface area contributed by atoms with E-state index in [1.807, 2.05) is 12.1 Å². The van der Waals surface area contributed by atoms with Gasteiger partial charge in [-0.2, -0.15) is 0 Å². The van der Waals surface area contributed by atoms with Gasteiger partial charge in [-0.25, -0.2) is 5.06 Å². The van der Waals surface area contributed by atoms with Crippen molar-refractivity contribution in [1.82, 2.24) is 5.06 Å². The van der Waals surface area contributed by atoms with Crippen molar-refractivity contribution in [2.75, 3.05) is 6.54 Å². The minimum atomic E-state index is -0.451. The molecule has 146 valence electrons.